The molecule has 6 N–H and O–H groups in total. The van der Waals surface area contributed by atoms with Gasteiger partial charge in [0.25, 0.3) is 5.91 Å². The summed E-state index contributed by atoms with van der Waals surface area (Å²) in [5.74, 6) is -1.79. The molecule has 5 aromatic rings. The Morgan fingerprint density at radius 1 is 1.06 bits per heavy atom. The molecule has 0 radical (unpaired) electrons. The molecular weight excluding hydrogens is 848 g/mol. The minimum atomic E-state index is -3.88. The molecule has 3 unspecified atom stereocenters. The van der Waals surface area contributed by atoms with Crippen molar-refractivity contribution >= 4 is 58.1 Å². The molecule has 3 atom stereocenters. The topological polar surface area (TPSA) is 213 Å². The number of anilines is 2. The van der Waals surface area contributed by atoms with Crippen molar-refractivity contribution in [2.75, 3.05) is 36.9 Å². The highest BCUT2D eigenvalue weighted by Crippen LogP contribution is 2.30. The van der Waals surface area contributed by atoms with E-state index in [1.54, 1.807) is 49.8 Å². The number of carbonyl (C=O) groups excluding carboxylic acids is 4. The van der Waals surface area contributed by atoms with E-state index >= 15 is 0 Å². The molecule has 0 saturated carbocycles. The van der Waals surface area contributed by atoms with Crippen LogP contribution >= 0.6 is 22.9 Å². The lowest BCUT2D eigenvalue weighted by Gasteiger charge is -2.35. The molecule has 1 aliphatic rings. The summed E-state index contributed by atoms with van der Waals surface area (Å²) in [4.78, 5) is 64.8. The number of pyridine rings is 1. The molecule has 328 valence electrons. The third kappa shape index (κ3) is 12.1. The molecule has 0 bridgehead atoms. The molecule has 1 saturated heterocycles. The average Bonchev–Trinajstić information content (AvgIpc) is 4.01. The van der Waals surface area contributed by atoms with Gasteiger partial charge in [-0.3, -0.25) is 24.3 Å². The zero-order chi connectivity index (χ0) is 44.6. The number of aromatic nitrogens is 4. The number of likely N-dealkylation sites (tertiary alicyclic amines) is 1. The van der Waals surface area contributed by atoms with Gasteiger partial charge in [0.2, 0.25) is 17.7 Å². The van der Waals surface area contributed by atoms with Crippen LogP contribution < -0.4 is 26.0 Å². The molecule has 2 aromatic carbocycles. The molecule has 0 spiro atoms. The lowest BCUT2D eigenvalue weighted by molar-refractivity contribution is -0.144. The first-order valence-corrected chi connectivity index (χ1v) is 20.7. The molecule has 6 rings (SSSR count). The van der Waals surface area contributed by atoms with Gasteiger partial charge in [-0.05, 0) is 59.9 Å². The maximum atomic E-state index is 14.0. The molecular formula is C42H46ClF2N9O7S. The highest BCUT2D eigenvalue weighted by atomic mass is 35.5. The van der Waals surface area contributed by atoms with Crippen LogP contribution in [0.4, 0.5) is 20.3 Å². The van der Waals surface area contributed by atoms with Gasteiger partial charge < -0.3 is 40.7 Å². The first-order chi connectivity index (χ1) is 29.4. The minimum Gasteiger partial charge on any atom is -0.420 e. The van der Waals surface area contributed by atoms with E-state index < -0.39 is 52.8 Å². The number of aliphatic hydroxyl groups excluding tert-OH is 1. The largest absolute Gasteiger partial charge is 0.487 e. The van der Waals surface area contributed by atoms with E-state index in [0.717, 1.165) is 21.7 Å². The van der Waals surface area contributed by atoms with Gasteiger partial charge in [-0.1, -0.05) is 45.0 Å². The van der Waals surface area contributed by atoms with Crippen LogP contribution in [0.25, 0.3) is 21.7 Å². The maximum absolute atomic E-state index is 14.0. The van der Waals surface area contributed by atoms with E-state index in [2.05, 4.69) is 46.2 Å². The molecule has 1 aliphatic heterocycles. The van der Waals surface area contributed by atoms with Crippen LogP contribution in [0.2, 0.25) is 0 Å². The fraction of sp³-hybridized carbons (Fsp3) is 0.357. The van der Waals surface area contributed by atoms with E-state index in [-0.39, 0.29) is 50.6 Å². The molecule has 62 heavy (non-hydrogen) atoms. The number of β-amino-alcohol motifs (C(OH)–C–C–N with tert-alkyl or cyclic N) is 1. The number of ether oxygens (including phenoxy) is 2. The number of H-pyrrole nitrogens is 1. The van der Waals surface area contributed by atoms with Gasteiger partial charge in [-0.25, -0.2) is 9.97 Å². The fourth-order valence-corrected chi connectivity index (χ4v) is 7.57. The lowest BCUT2D eigenvalue weighted by Crippen LogP contribution is -2.58. The minimum absolute atomic E-state index is 0.0530. The van der Waals surface area contributed by atoms with Crippen LogP contribution in [0.15, 0.2) is 78.6 Å². The van der Waals surface area contributed by atoms with Crippen molar-refractivity contribution in [1.29, 1.82) is 0 Å². The van der Waals surface area contributed by atoms with Crippen molar-refractivity contribution in [3.63, 3.8) is 0 Å². The first-order valence-electron chi connectivity index (χ1n) is 19.5. The quantitative estimate of drug-likeness (QED) is 0.0503. The van der Waals surface area contributed by atoms with Crippen LogP contribution in [-0.2, 0) is 25.7 Å². The third-order valence-corrected chi connectivity index (χ3v) is 10.8. The highest BCUT2D eigenvalue weighted by molar-refractivity contribution is 7.13. The Hall–Kier alpha value is -6.02. The maximum Gasteiger partial charge on any atom is 0.487 e. The van der Waals surface area contributed by atoms with Crippen molar-refractivity contribution in [2.24, 2.45) is 5.41 Å². The second-order valence-electron chi connectivity index (χ2n) is 15.5. The van der Waals surface area contributed by atoms with E-state index in [1.165, 1.54) is 41.6 Å². The van der Waals surface area contributed by atoms with Crippen LogP contribution in [0.1, 0.15) is 48.8 Å². The monoisotopic (exact) mass is 893 g/mol. The molecule has 1 fully saturated rings. The summed E-state index contributed by atoms with van der Waals surface area (Å²) in [6.07, 6.45) is 2.02. The summed E-state index contributed by atoms with van der Waals surface area (Å²) in [5, 5.41) is 28.9. The number of nitrogens with one attached hydrogen (secondary N) is 5. The van der Waals surface area contributed by atoms with Crippen molar-refractivity contribution in [1.82, 2.24) is 35.7 Å². The zero-order valence-corrected chi connectivity index (χ0v) is 35.8. The van der Waals surface area contributed by atoms with E-state index in [1.807, 2.05) is 31.2 Å². The molecule has 4 amide bonds. The summed E-state index contributed by atoms with van der Waals surface area (Å²) in [6.45, 7) is 7.36. The third-order valence-electron chi connectivity index (χ3n) is 9.77. The van der Waals surface area contributed by atoms with Crippen molar-refractivity contribution < 1.29 is 42.5 Å². The first kappa shape index (κ1) is 45.5. The van der Waals surface area contributed by atoms with Gasteiger partial charge in [-0.2, -0.15) is 5.10 Å². The highest BCUT2D eigenvalue weighted by Gasteiger charge is 2.44. The van der Waals surface area contributed by atoms with Gasteiger partial charge in [0.15, 0.2) is 0 Å². The standard InChI is InChI=1S/C42H46ClF2N9O7S/c1-24-35(62-23-49-24)26-7-5-25(6-8-26)19-48-39(58)33-18-29(55)21-54(33)40(59)36(41(2,3)4)52-34(56)22-60-16-15-46-37-31(32-13-14-50-53-32)17-27(20-47-37)38(57)51-28-9-11-30(12-10-28)61-42(43,44)45/h5-14,17,20,23,29,33,36,55H,15-16,18-19,21-22H2,1-4H3,(H,46,47)(H,48,58)(H,50,53)(H,51,57)(H,52,56). The lowest BCUT2D eigenvalue weighted by atomic mass is 9.85. The number of thiazole rings is 1. The SMILES string of the molecule is Cc1ncsc1-c1ccc(CNC(=O)C2CC(O)CN2C(=O)C(NC(=O)COCCNc2ncc(C(=O)Nc3ccc(OC(F)(F)Cl)cc3)cc2-c2ccn[nH]2)C(C)(C)C)cc1. The van der Waals surface area contributed by atoms with Gasteiger partial charge >= 0.3 is 5.57 Å². The molecule has 0 aliphatic carbocycles. The van der Waals surface area contributed by atoms with Crippen LogP contribution in [0.5, 0.6) is 5.75 Å². The Bertz CT molecular complexity index is 2340. The summed E-state index contributed by atoms with van der Waals surface area (Å²) in [5.41, 5.74) is 1.54. The number of amides is 4. The van der Waals surface area contributed by atoms with Gasteiger partial charge in [0, 0.05) is 61.3 Å². The van der Waals surface area contributed by atoms with Crippen LogP contribution in [0.3, 0.4) is 0 Å². The summed E-state index contributed by atoms with van der Waals surface area (Å²) < 4.78 is 35.8. The van der Waals surface area contributed by atoms with Crippen molar-refractivity contribution in [3.8, 4) is 27.4 Å². The summed E-state index contributed by atoms with van der Waals surface area (Å²) >= 11 is 6.36. The van der Waals surface area contributed by atoms with Gasteiger partial charge in [0.05, 0.1) is 40.0 Å². The second-order valence-corrected chi connectivity index (χ2v) is 16.8. The number of alkyl halides is 3. The van der Waals surface area contributed by atoms with Gasteiger partial charge in [0.1, 0.15) is 30.3 Å². The number of benzene rings is 2. The van der Waals surface area contributed by atoms with Gasteiger partial charge in [-0.15, -0.1) is 20.1 Å². The van der Waals surface area contributed by atoms with E-state index in [0.29, 0.717) is 22.8 Å². The Labute approximate surface area is 364 Å². The number of halogens is 3. The number of hydrogen-bond donors (Lipinski definition) is 6. The Morgan fingerprint density at radius 3 is 2.45 bits per heavy atom. The number of carbonyl (C=O) groups is 4. The van der Waals surface area contributed by atoms with Crippen LogP contribution in [-0.4, -0.2) is 104 Å². The number of aryl methyl sites for hydroxylation is 1. The zero-order valence-electron chi connectivity index (χ0n) is 34.2. The number of aliphatic hydroxyl groups is 1. The fourth-order valence-electron chi connectivity index (χ4n) is 6.67. The molecule has 3 aromatic heterocycles. The predicted octanol–water partition coefficient (Wildman–Crippen LogP) is 5.56. The second kappa shape index (κ2) is 19.8. The normalized spacial score (nSPS) is 15.8. The Kier molecular flexibility index (Phi) is 14.5. The average molecular weight is 894 g/mol. The van der Waals surface area contributed by atoms with E-state index in [9.17, 15) is 33.1 Å². The van der Waals surface area contributed by atoms with E-state index in [4.69, 9.17) is 16.3 Å². The predicted molar refractivity (Wildman–Crippen MR) is 229 cm³/mol. The number of nitrogens with zero attached hydrogens (tertiary/aromatic N) is 4. The summed E-state index contributed by atoms with van der Waals surface area (Å²) in [6, 6.07) is 14.3. The number of aromatic amines is 1. The Balaban J connectivity index is 0.998. The number of rotatable bonds is 17. The molecule has 16 nitrogen and oxygen atoms in total. The Morgan fingerprint density at radius 2 is 1.81 bits per heavy atom. The number of hydrogen-bond acceptors (Lipinski definition) is 12. The van der Waals surface area contributed by atoms with Crippen LogP contribution in [0, 0.1) is 12.3 Å². The van der Waals surface area contributed by atoms with Crippen molar-refractivity contribution in [3.05, 3.63) is 95.4 Å². The van der Waals surface area contributed by atoms with Crippen molar-refractivity contribution in [2.45, 2.75) is 64.4 Å². The summed E-state index contributed by atoms with van der Waals surface area (Å²) in [7, 11) is 0. The smallest absolute Gasteiger partial charge is 0.420 e. The molecule has 20 heteroatoms. The molecule has 4 heterocycles.